The minimum absolute atomic E-state index is 0.0126. The predicted molar refractivity (Wildman–Crippen MR) is 144 cm³/mol. The Morgan fingerprint density at radius 3 is 2.13 bits per heavy atom. The Morgan fingerprint density at radius 1 is 0.947 bits per heavy atom. The maximum atomic E-state index is 12.8. The summed E-state index contributed by atoms with van der Waals surface area (Å²) < 4.78 is 10.9. The largest absolute Gasteiger partial charge is 0.478 e. The summed E-state index contributed by atoms with van der Waals surface area (Å²) in [5, 5.41) is 15.3. The molecule has 0 aromatic heterocycles. The Labute approximate surface area is 222 Å². The highest BCUT2D eigenvalue weighted by Crippen LogP contribution is 2.44. The number of hydrogen-bond donors (Lipinski definition) is 3. The van der Waals surface area contributed by atoms with Gasteiger partial charge in [-0.25, -0.2) is 9.59 Å². The number of aromatic carboxylic acids is 1. The summed E-state index contributed by atoms with van der Waals surface area (Å²) in [6.45, 7) is 7.44. The van der Waals surface area contributed by atoms with Crippen molar-refractivity contribution in [1.82, 2.24) is 5.32 Å². The van der Waals surface area contributed by atoms with Crippen LogP contribution in [-0.4, -0.2) is 41.9 Å². The number of ether oxygens (including phenoxy) is 2. The highest BCUT2D eigenvalue weighted by Gasteiger charge is 2.29. The van der Waals surface area contributed by atoms with E-state index < -0.39 is 23.6 Å². The van der Waals surface area contributed by atoms with Crippen molar-refractivity contribution >= 4 is 23.7 Å². The van der Waals surface area contributed by atoms with Crippen LogP contribution in [-0.2, 0) is 20.8 Å². The summed E-state index contributed by atoms with van der Waals surface area (Å²) in [4.78, 5) is 36.6. The number of carboxylic acid groups (broad SMARTS) is 1. The van der Waals surface area contributed by atoms with Crippen molar-refractivity contribution < 1.29 is 29.0 Å². The Balaban J connectivity index is 1.44. The van der Waals surface area contributed by atoms with Gasteiger partial charge in [-0.2, -0.15) is 0 Å². The SMILES string of the molecule is Cc1c(CNCC(=O)OC(C)(C)C)cc(C(=O)O)cc1NC(=O)OCC1c2ccccc2-c2ccccc21. The van der Waals surface area contributed by atoms with Gasteiger partial charge < -0.3 is 19.9 Å². The fourth-order valence-corrected chi connectivity index (χ4v) is 4.63. The molecular weight excluding hydrogens is 484 g/mol. The molecule has 0 spiro atoms. The van der Waals surface area contributed by atoms with E-state index in [1.165, 1.54) is 12.1 Å². The van der Waals surface area contributed by atoms with Gasteiger partial charge in [0.15, 0.2) is 0 Å². The van der Waals surface area contributed by atoms with Crippen molar-refractivity contribution in [2.75, 3.05) is 18.5 Å². The van der Waals surface area contributed by atoms with E-state index in [0.29, 0.717) is 16.8 Å². The van der Waals surface area contributed by atoms with Crippen LogP contribution < -0.4 is 10.6 Å². The summed E-state index contributed by atoms with van der Waals surface area (Å²) >= 11 is 0. The van der Waals surface area contributed by atoms with E-state index in [0.717, 1.165) is 22.3 Å². The zero-order valence-corrected chi connectivity index (χ0v) is 22.0. The molecule has 198 valence electrons. The van der Waals surface area contributed by atoms with E-state index in [2.05, 4.69) is 22.8 Å². The molecule has 1 amide bonds. The summed E-state index contributed by atoms with van der Waals surface area (Å²) in [7, 11) is 0. The molecule has 0 bridgehead atoms. The number of esters is 1. The van der Waals surface area contributed by atoms with Crippen molar-refractivity contribution in [3.8, 4) is 11.1 Å². The lowest BCUT2D eigenvalue weighted by Gasteiger charge is -2.20. The second kappa shape index (κ2) is 11.1. The quantitative estimate of drug-likeness (QED) is 0.340. The van der Waals surface area contributed by atoms with Gasteiger partial charge in [-0.15, -0.1) is 0 Å². The molecule has 1 aliphatic rings. The third-order valence-corrected chi connectivity index (χ3v) is 6.35. The summed E-state index contributed by atoms with van der Waals surface area (Å²) in [5.41, 5.74) is 5.50. The van der Waals surface area contributed by atoms with Crippen LogP contribution in [0.4, 0.5) is 10.5 Å². The average molecular weight is 517 g/mol. The first-order chi connectivity index (χ1) is 18.0. The standard InChI is InChI=1S/C30H32N2O6/c1-18-20(15-31-16-27(33)38-30(2,3)4)13-19(28(34)35)14-26(18)32-29(36)37-17-25-23-11-7-5-9-21(23)22-10-6-8-12-24(22)25/h5-14,25,31H,15-17H2,1-4H3,(H,32,36)(H,34,35). The second-order valence-corrected chi connectivity index (χ2v) is 10.3. The first kappa shape index (κ1) is 26.9. The zero-order chi connectivity index (χ0) is 27.4. The Kier molecular flexibility index (Phi) is 7.83. The topological polar surface area (TPSA) is 114 Å². The number of carbonyl (C=O) groups excluding carboxylic acids is 2. The number of fused-ring (bicyclic) bond motifs is 3. The molecule has 0 saturated carbocycles. The average Bonchev–Trinajstić information content (AvgIpc) is 3.17. The minimum atomic E-state index is -1.13. The smallest absolute Gasteiger partial charge is 0.411 e. The number of nitrogens with one attached hydrogen (secondary N) is 2. The maximum absolute atomic E-state index is 12.8. The van der Waals surface area contributed by atoms with Gasteiger partial charge in [0.1, 0.15) is 12.2 Å². The highest BCUT2D eigenvalue weighted by atomic mass is 16.6. The van der Waals surface area contributed by atoms with E-state index in [1.54, 1.807) is 27.7 Å². The van der Waals surface area contributed by atoms with E-state index in [4.69, 9.17) is 9.47 Å². The Bertz CT molecular complexity index is 1330. The number of carboxylic acids is 1. The fourth-order valence-electron chi connectivity index (χ4n) is 4.63. The number of rotatable bonds is 8. The predicted octanol–water partition coefficient (Wildman–Crippen LogP) is 5.49. The molecule has 3 aromatic rings. The summed E-state index contributed by atoms with van der Waals surface area (Å²) in [5.74, 6) is -1.64. The molecule has 1 aliphatic carbocycles. The van der Waals surface area contributed by atoms with Crippen LogP contribution in [0.2, 0.25) is 0 Å². The Hall–Kier alpha value is -4.17. The molecule has 4 rings (SSSR count). The van der Waals surface area contributed by atoms with Crippen LogP contribution in [0.25, 0.3) is 11.1 Å². The van der Waals surface area contributed by atoms with Crippen molar-refractivity contribution in [2.24, 2.45) is 0 Å². The number of anilines is 1. The van der Waals surface area contributed by atoms with Gasteiger partial charge in [-0.05, 0) is 73.2 Å². The number of benzene rings is 3. The maximum Gasteiger partial charge on any atom is 0.411 e. The third kappa shape index (κ3) is 6.20. The van der Waals surface area contributed by atoms with E-state index in [9.17, 15) is 19.5 Å². The van der Waals surface area contributed by atoms with Crippen molar-refractivity contribution in [1.29, 1.82) is 0 Å². The molecule has 0 radical (unpaired) electrons. The van der Waals surface area contributed by atoms with Crippen LogP contribution >= 0.6 is 0 Å². The Morgan fingerprint density at radius 2 is 1.55 bits per heavy atom. The minimum Gasteiger partial charge on any atom is -0.478 e. The van der Waals surface area contributed by atoms with Crippen LogP contribution in [0, 0.1) is 6.92 Å². The number of amides is 1. The first-order valence-corrected chi connectivity index (χ1v) is 12.4. The van der Waals surface area contributed by atoms with Crippen molar-refractivity contribution in [3.05, 3.63) is 88.5 Å². The van der Waals surface area contributed by atoms with Gasteiger partial charge in [-0.1, -0.05) is 48.5 Å². The van der Waals surface area contributed by atoms with E-state index in [1.807, 2.05) is 36.4 Å². The lowest BCUT2D eigenvalue weighted by molar-refractivity contribution is -0.153. The van der Waals surface area contributed by atoms with Gasteiger partial charge in [0.25, 0.3) is 0 Å². The molecule has 0 atom stereocenters. The molecule has 0 heterocycles. The number of hydrogen-bond acceptors (Lipinski definition) is 6. The highest BCUT2D eigenvalue weighted by molar-refractivity contribution is 5.93. The molecule has 8 nitrogen and oxygen atoms in total. The van der Waals surface area contributed by atoms with Crippen LogP contribution in [0.5, 0.6) is 0 Å². The monoisotopic (exact) mass is 516 g/mol. The van der Waals surface area contributed by atoms with Gasteiger partial charge >= 0.3 is 18.0 Å². The third-order valence-electron chi connectivity index (χ3n) is 6.35. The lowest BCUT2D eigenvalue weighted by Crippen LogP contribution is -2.31. The number of carbonyl (C=O) groups is 3. The van der Waals surface area contributed by atoms with Crippen molar-refractivity contribution in [2.45, 2.75) is 45.8 Å². The van der Waals surface area contributed by atoms with Gasteiger partial charge in [0.05, 0.1) is 12.1 Å². The second-order valence-electron chi connectivity index (χ2n) is 10.3. The molecule has 3 N–H and O–H groups in total. The molecule has 0 aliphatic heterocycles. The summed E-state index contributed by atoms with van der Waals surface area (Å²) in [6, 6.07) is 19.0. The first-order valence-electron chi connectivity index (χ1n) is 12.4. The van der Waals surface area contributed by atoms with Crippen molar-refractivity contribution in [3.63, 3.8) is 0 Å². The van der Waals surface area contributed by atoms with E-state index in [-0.39, 0.29) is 31.2 Å². The van der Waals surface area contributed by atoms with Crippen LogP contribution in [0.3, 0.4) is 0 Å². The molecular formula is C30H32N2O6. The van der Waals surface area contributed by atoms with Crippen LogP contribution in [0.1, 0.15) is 59.3 Å². The van der Waals surface area contributed by atoms with Gasteiger partial charge in [-0.3, -0.25) is 10.1 Å². The molecule has 0 unspecified atom stereocenters. The van der Waals surface area contributed by atoms with E-state index >= 15 is 0 Å². The zero-order valence-electron chi connectivity index (χ0n) is 22.0. The van der Waals surface area contributed by atoms with Gasteiger partial charge in [0, 0.05) is 18.2 Å². The molecule has 0 saturated heterocycles. The summed E-state index contributed by atoms with van der Waals surface area (Å²) in [6.07, 6.45) is -0.676. The molecule has 8 heteroatoms. The molecule has 3 aromatic carbocycles. The van der Waals surface area contributed by atoms with Crippen LogP contribution in [0.15, 0.2) is 60.7 Å². The van der Waals surface area contributed by atoms with Gasteiger partial charge in [0.2, 0.25) is 0 Å². The lowest BCUT2D eigenvalue weighted by atomic mass is 9.98. The normalized spacial score (nSPS) is 12.4. The molecule has 0 fully saturated rings. The molecule has 38 heavy (non-hydrogen) atoms. The fraction of sp³-hybridized carbons (Fsp3) is 0.300.